The van der Waals surface area contributed by atoms with E-state index >= 15 is 0 Å². The van der Waals surface area contributed by atoms with E-state index in [1.54, 1.807) is 58.4 Å². The number of hydrogen-bond acceptors (Lipinski definition) is 8. The van der Waals surface area contributed by atoms with Crippen LogP contribution in [0.15, 0.2) is 29.3 Å². The molecular weight excluding hydrogens is 607 g/mol. The van der Waals surface area contributed by atoms with E-state index in [9.17, 15) is 14.4 Å². The number of nitrogens with zero attached hydrogens (tertiary/aromatic N) is 4. The molecule has 2 heterocycles. The van der Waals surface area contributed by atoms with Gasteiger partial charge < -0.3 is 14.0 Å². The van der Waals surface area contributed by atoms with Crippen LogP contribution in [-0.2, 0) is 9.47 Å². The van der Waals surface area contributed by atoms with Gasteiger partial charge in [0.05, 0.1) is 11.9 Å². The Hall–Kier alpha value is -2.59. The molecule has 0 aromatic carbocycles. The molecule has 1 aliphatic carbocycles. The van der Waals surface area contributed by atoms with Crippen LogP contribution in [0.4, 0.5) is 15.4 Å². The van der Waals surface area contributed by atoms with Crippen LogP contribution in [0, 0.1) is 11.2 Å². The molecule has 0 atom stereocenters. The van der Waals surface area contributed by atoms with Crippen molar-refractivity contribution in [3.05, 3.63) is 40.6 Å². The van der Waals surface area contributed by atoms with Crippen molar-refractivity contribution >= 4 is 48.1 Å². The van der Waals surface area contributed by atoms with Crippen LogP contribution in [0.1, 0.15) is 79.0 Å². The Morgan fingerprint density at radius 3 is 2.22 bits per heavy atom. The van der Waals surface area contributed by atoms with Crippen LogP contribution >= 0.6 is 30.1 Å². The fourth-order valence-electron chi connectivity index (χ4n) is 3.82. The van der Waals surface area contributed by atoms with Gasteiger partial charge in [0.15, 0.2) is 11.5 Å². The van der Waals surface area contributed by atoms with E-state index in [-0.39, 0.29) is 23.1 Å². The van der Waals surface area contributed by atoms with Gasteiger partial charge in [-0.2, -0.15) is 4.90 Å². The second-order valence-corrected chi connectivity index (χ2v) is 12.3. The van der Waals surface area contributed by atoms with Crippen molar-refractivity contribution in [3.63, 3.8) is 0 Å². The fraction of sp³-hybridized carbons (Fsp3) is 0.500. The number of hydrogen-bond donors (Lipinski definition) is 0. The lowest BCUT2D eigenvalue weighted by Gasteiger charge is -2.28. The summed E-state index contributed by atoms with van der Waals surface area (Å²) in [6.45, 7) is 10.2. The number of carbonyl (C=O) groups excluding carboxylic acids is 2. The number of halogens is 1. The molecule has 0 unspecified atom stereocenters. The number of aromatic nitrogens is 3. The maximum Gasteiger partial charge on any atom is 0.425 e. The Labute approximate surface area is 233 Å². The first-order valence-electron chi connectivity index (χ1n) is 11.9. The summed E-state index contributed by atoms with van der Waals surface area (Å²) in [6, 6.07) is 3.36. The largest absolute Gasteiger partial charge is 0.443 e. The molecule has 0 saturated heterocycles. The summed E-state index contributed by atoms with van der Waals surface area (Å²) in [5, 5.41) is 2.84. The van der Waals surface area contributed by atoms with Gasteiger partial charge in [0.1, 0.15) is 11.2 Å². The summed E-state index contributed by atoms with van der Waals surface area (Å²) >= 11 is 2.02. The third-order valence-electron chi connectivity index (χ3n) is 5.28. The molecule has 1 fully saturated rings. The molecule has 9 nitrogen and oxygen atoms in total. The number of amides is 2. The fourth-order valence-corrected chi connectivity index (χ4v) is 4.29. The highest BCUT2D eigenvalue weighted by atomic mass is 127. The number of pyridine rings is 1. The van der Waals surface area contributed by atoms with Gasteiger partial charge in [0.2, 0.25) is 0 Å². The molecule has 0 N–H and O–H groups in total. The quantitative estimate of drug-likeness (QED) is 0.278. The van der Waals surface area contributed by atoms with Crippen molar-refractivity contribution in [2.75, 3.05) is 4.90 Å². The van der Waals surface area contributed by atoms with E-state index in [0.717, 1.165) is 25.7 Å². The van der Waals surface area contributed by atoms with Crippen LogP contribution in [0.5, 0.6) is 0 Å². The average Bonchev–Trinajstić information content (AvgIpc) is 3.31. The summed E-state index contributed by atoms with van der Waals surface area (Å²) < 4.78 is 12.7. The normalized spacial score (nSPS) is 14.0. The number of rotatable bonds is 3. The van der Waals surface area contributed by atoms with E-state index in [4.69, 9.17) is 9.47 Å². The highest BCUT2D eigenvalue weighted by molar-refractivity contribution is 14.2. The monoisotopic (exact) mass is 638 g/mol. The zero-order chi connectivity index (χ0) is 27.4. The Morgan fingerprint density at radius 2 is 1.68 bits per heavy atom. The van der Waals surface area contributed by atoms with Gasteiger partial charge in [-0.1, -0.05) is 12.8 Å². The first-order chi connectivity index (χ1) is 17.3. The van der Waals surface area contributed by atoms with Gasteiger partial charge in [-0.05, 0) is 80.6 Å². The van der Waals surface area contributed by atoms with E-state index in [2.05, 4.69) is 21.1 Å². The van der Waals surface area contributed by atoms with Crippen LogP contribution in [-0.4, -0.2) is 37.9 Å². The molecule has 0 radical (unpaired) electrons. The molecule has 0 spiro atoms. The minimum absolute atomic E-state index is 0.0671. The second kappa shape index (κ2) is 11.9. The number of ether oxygens (including phenoxy) is 2. The van der Waals surface area contributed by atoms with Crippen molar-refractivity contribution < 1.29 is 19.1 Å². The van der Waals surface area contributed by atoms with Crippen molar-refractivity contribution in [2.45, 2.75) is 84.5 Å². The maximum absolute atomic E-state index is 13.1. The first-order valence-corrected chi connectivity index (χ1v) is 15.3. The van der Waals surface area contributed by atoms with Crippen molar-refractivity contribution in [2.24, 2.45) is 0 Å². The van der Waals surface area contributed by atoms with Crippen LogP contribution in [0.2, 0.25) is 0 Å². The molecule has 3 rings (SSSR count). The molecule has 0 aliphatic heterocycles. The number of imide groups is 1. The topological polar surface area (TPSA) is 104 Å². The molecule has 1 aliphatic rings. The summed E-state index contributed by atoms with van der Waals surface area (Å²) in [5.74, 6) is 2.77. The van der Waals surface area contributed by atoms with Gasteiger partial charge in [0.25, 0.3) is 5.56 Å². The predicted octanol–water partition coefficient (Wildman–Crippen LogP) is 6.49. The number of carbonyl (C=O) groups is 2. The zero-order valence-electron chi connectivity index (χ0n) is 21.8. The summed E-state index contributed by atoms with van der Waals surface area (Å²) in [7, 11) is 1.22. The standard InChI is InChI=1S/C26H31IN4O5S/c1-25(2,3)35-23(33)31(24(34)36-26(4,5)6)22-19(13-14-37-27)29-20(15-28-22)17-11-12-21(32)30(16-17)18-9-7-8-10-18/h11-12,15-16,18H,7-10H2,1-6H3. The van der Waals surface area contributed by atoms with Gasteiger partial charge in [-0.15, -0.1) is 0 Å². The second-order valence-electron chi connectivity index (χ2n) is 10.6. The van der Waals surface area contributed by atoms with Crippen LogP contribution in [0.25, 0.3) is 11.3 Å². The predicted molar refractivity (Wildman–Crippen MR) is 153 cm³/mol. The van der Waals surface area contributed by atoms with E-state index in [0.29, 0.717) is 16.2 Å². The molecule has 198 valence electrons. The highest BCUT2D eigenvalue weighted by Crippen LogP contribution is 2.30. The number of anilines is 1. The van der Waals surface area contributed by atoms with Crippen molar-refractivity contribution in [1.82, 2.24) is 14.5 Å². The summed E-state index contributed by atoms with van der Waals surface area (Å²) in [6.07, 6.45) is 5.41. The van der Waals surface area contributed by atoms with Gasteiger partial charge in [-0.25, -0.2) is 19.6 Å². The van der Waals surface area contributed by atoms with Gasteiger partial charge in [-0.3, -0.25) is 4.79 Å². The molecular formula is C26H31IN4O5S. The SMILES string of the molecule is CC(C)(C)OC(=O)N(C(=O)OC(C)(C)C)c1ncc(-c2ccc(=O)n(C3CCCC3)c2)nc1C#CSI. The molecule has 11 heteroatoms. The molecule has 1 saturated carbocycles. The summed E-state index contributed by atoms with van der Waals surface area (Å²) in [4.78, 5) is 48.6. The Kier molecular flexibility index (Phi) is 9.28. The minimum Gasteiger partial charge on any atom is -0.443 e. The van der Waals surface area contributed by atoms with Crippen LogP contribution in [0.3, 0.4) is 0 Å². The maximum atomic E-state index is 13.1. The highest BCUT2D eigenvalue weighted by Gasteiger charge is 2.35. The molecule has 37 heavy (non-hydrogen) atoms. The molecule has 2 amide bonds. The Bertz CT molecular complexity index is 1250. The lowest BCUT2D eigenvalue weighted by molar-refractivity contribution is 0.0428. The summed E-state index contributed by atoms with van der Waals surface area (Å²) in [5.41, 5.74) is -0.589. The third-order valence-corrected chi connectivity index (χ3v) is 6.12. The Balaban J connectivity index is 2.11. The van der Waals surface area contributed by atoms with Gasteiger partial charge in [0, 0.05) is 45.1 Å². The van der Waals surface area contributed by atoms with Crippen molar-refractivity contribution in [3.8, 4) is 22.4 Å². The smallest absolute Gasteiger partial charge is 0.425 e. The first kappa shape index (κ1) is 29.0. The zero-order valence-corrected chi connectivity index (χ0v) is 24.8. The molecule has 2 aromatic rings. The van der Waals surface area contributed by atoms with E-state index in [1.807, 2.05) is 21.2 Å². The lowest BCUT2D eigenvalue weighted by atomic mass is 10.1. The lowest BCUT2D eigenvalue weighted by Crippen LogP contribution is -2.44. The van der Waals surface area contributed by atoms with E-state index < -0.39 is 23.4 Å². The molecule has 0 bridgehead atoms. The van der Waals surface area contributed by atoms with Crippen molar-refractivity contribution in [1.29, 1.82) is 0 Å². The Morgan fingerprint density at radius 1 is 1.08 bits per heavy atom. The van der Waals surface area contributed by atoms with E-state index in [1.165, 1.54) is 21.2 Å². The average molecular weight is 639 g/mol. The van der Waals surface area contributed by atoms with Crippen LogP contribution < -0.4 is 10.5 Å². The van der Waals surface area contributed by atoms with Gasteiger partial charge >= 0.3 is 12.2 Å². The third kappa shape index (κ3) is 7.95. The molecule has 2 aromatic heterocycles. The minimum atomic E-state index is -0.955.